The first-order valence-electron chi connectivity index (χ1n) is 5.43. The van der Waals surface area contributed by atoms with Gasteiger partial charge in [0.25, 0.3) is 0 Å². The minimum atomic E-state index is -0.472. The highest BCUT2D eigenvalue weighted by atomic mass is 16.5. The van der Waals surface area contributed by atoms with Gasteiger partial charge in [-0.3, -0.25) is 9.59 Å². The Morgan fingerprint density at radius 3 is 2.47 bits per heavy atom. The van der Waals surface area contributed by atoms with Crippen molar-refractivity contribution in [3.05, 3.63) is 29.8 Å². The van der Waals surface area contributed by atoms with E-state index in [-0.39, 0.29) is 18.5 Å². The quantitative estimate of drug-likeness (QED) is 0.581. The van der Waals surface area contributed by atoms with Crippen LogP contribution in [0.2, 0.25) is 0 Å². The molecule has 0 radical (unpaired) electrons. The van der Waals surface area contributed by atoms with Crippen LogP contribution in [0, 0.1) is 0 Å². The van der Waals surface area contributed by atoms with Crippen LogP contribution in [-0.2, 0) is 9.53 Å². The Kier molecular flexibility index (Phi) is 4.69. The molecule has 0 atom stereocenters. The first-order chi connectivity index (χ1) is 8.00. The molecule has 4 heteroatoms. The molecule has 1 rings (SSSR count). The fourth-order valence-corrected chi connectivity index (χ4v) is 1.30. The predicted molar refractivity (Wildman–Crippen MR) is 63.2 cm³/mol. The third-order valence-corrected chi connectivity index (χ3v) is 1.96. The van der Waals surface area contributed by atoms with Gasteiger partial charge in [-0.25, -0.2) is 0 Å². The van der Waals surface area contributed by atoms with Crippen LogP contribution < -0.4 is 4.74 Å². The second kappa shape index (κ2) is 6.03. The fraction of sp³-hybridized carbons (Fsp3) is 0.385. The van der Waals surface area contributed by atoms with E-state index >= 15 is 0 Å². The molecular weight excluding hydrogens is 220 g/mol. The Balaban J connectivity index is 2.81. The predicted octanol–water partition coefficient (Wildman–Crippen LogP) is 2.22. The standard InChI is InChI=1S/C13H16O4/c1-9(2)17-13-7-5-4-6-11(13)12(15)8-16-10(3)14/h4-7,9H,8H2,1-3H3. The van der Waals surface area contributed by atoms with E-state index in [0.717, 1.165) is 0 Å². The second-order valence-corrected chi connectivity index (χ2v) is 3.87. The van der Waals surface area contributed by atoms with E-state index in [2.05, 4.69) is 4.74 Å². The van der Waals surface area contributed by atoms with Gasteiger partial charge in [-0.2, -0.15) is 0 Å². The Morgan fingerprint density at radius 1 is 1.24 bits per heavy atom. The van der Waals surface area contributed by atoms with E-state index in [0.29, 0.717) is 11.3 Å². The minimum absolute atomic E-state index is 0.0160. The summed E-state index contributed by atoms with van der Waals surface area (Å²) in [6.45, 7) is 4.78. The zero-order chi connectivity index (χ0) is 12.8. The molecule has 0 unspecified atom stereocenters. The molecule has 1 aromatic rings. The molecule has 4 nitrogen and oxygen atoms in total. The van der Waals surface area contributed by atoms with E-state index in [1.165, 1.54) is 6.92 Å². The Labute approximate surface area is 101 Å². The van der Waals surface area contributed by atoms with Crippen molar-refractivity contribution in [2.45, 2.75) is 26.9 Å². The normalized spacial score (nSPS) is 10.1. The number of carbonyl (C=O) groups excluding carboxylic acids is 2. The number of esters is 1. The van der Waals surface area contributed by atoms with Crippen LogP contribution in [0.3, 0.4) is 0 Å². The highest BCUT2D eigenvalue weighted by Gasteiger charge is 2.14. The average molecular weight is 236 g/mol. The van der Waals surface area contributed by atoms with Gasteiger partial charge in [-0.1, -0.05) is 12.1 Å². The summed E-state index contributed by atoms with van der Waals surface area (Å²) < 4.78 is 10.2. The van der Waals surface area contributed by atoms with Crippen LogP contribution in [0.15, 0.2) is 24.3 Å². The van der Waals surface area contributed by atoms with E-state index < -0.39 is 5.97 Å². The van der Waals surface area contributed by atoms with Crippen LogP contribution in [0.4, 0.5) is 0 Å². The molecule has 17 heavy (non-hydrogen) atoms. The number of ketones is 1. The average Bonchev–Trinajstić information content (AvgIpc) is 2.25. The molecule has 0 amide bonds. The summed E-state index contributed by atoms with van der Waals surface area (Å²) in [5, 5.41) is 0. The summed E-state index contributed by atoms with van der Waals surface area (Å²) in [5.74, 6) is -0.225. The van der Waals surface area contributed by atoms with Crippen molar-refractivity contribution >= 4 is 11.8 Å². The van der Waals surface area contributed by atoms with Gasteiger partial charge in [0.1, 0.15) is 5.75 Å². The number of para-hydroxylation sites is 1. The highest BCUT2D eigenvalue weighted by molar-refractivity contribution is 6.00. The summed E-state index contributed by atoms with van der Waals surface area (Å²) in [6.07, 6.45) is -0.0160. The van der Waals surface area contributed by atoms with Crippen LogP contribution >= 0.6 is 0 Å². The molecule has 0 saturated heterocycles. The summed E-state index contributed by atoms with van der Waals surface area (Å²) in [6, 6.07) is 6.92. The lowest BCUT2D eigenvalue weighted by Gasteiger charge is -2.13. The van der Waals surface area contributed by atoms with Crippen molar-refractivity contribution in [2.75, 3.05) is 6.61 Å². The lowest BCUT2D eigenvalue weighted by atomic mass is 10.1. The van der Waals surface area contributed by atoms with Gasteiger partial charge >= 0.3 is 5.97 Å². The van der Waals surface area contributed by atoms with Crippen molar-refractivity contribution < 1.29 is 19.1 Å². The SMILES string of the molecule is CC(=O)OCC(=O)c1ccccc1OC(C)C. The monoisotopic (exact) mass is 236 g/mol. The van der Waals surface area contributed by atoms with Gasteiger partial charge in [0, 0.05) is 6.92 Å². The number of hydrogen-bond acceptors (Lipinski definition) is 4. The summed E-state index contributed by atoms with van der Waals surface area (Å²) in [7, 11) is 0. The number of benzene rings is 1. The van der Waals surface area contributed by atoms with Crippen LogP contribution in [0.5, 0.6) is 5.75 Å². The van der Waals surface area contributed by atoms with E-state index in [1.807, 2.05) is 13.8 Å². The maximum atomic E-state index is 11.8. The number of carbonyl (C=O) groups is 2. The molecule has 0 aliphatic carbocycles. The van der Waals surface area contributed by atoms with Crippen molar-refractivity contribution in [1.29, 1.82) is 0 Å². The fourth-order valence-electron chi connectivity index (χ4n) is 1.30. The van der Waals surface area contributed by atoms with Gasteiger partial charge in [-0.15, -0.1) is 0 Å². The van der Waals surface area contributed by atoms with Crippen LogP contribution in [0.25, 0.3) is 0 Å². The zero-order valence-corrected chi connectivity index (χ0v) is 10.2. The van der Waals surface area contributed by atoms with E-state index in [4.69, 9.17) is 4.74 Å². The molecule has 0 aliphatic rings. The minimum Gasteiger partial charge on any atom is -0.490 e. The number of ether oxygens (including phenoxy) is 2. The molecule has 0 saturated carbocycles. The molecule has 92 valence electrons. The highest BCUT2D eigenvalue weighted by Crippen LogP contribution is 2.19. The second-order valence-electron chi connectivity index (χ2n) is 3.87. The van der Waals surface area contributed by atoms with Crippen molar-refractivity contribution in [3.8, 4) is 5.75 Å². The van der Waals surface area contributed by atoms with Gasteiger partial charge in [0.2, 0.25) is 5.78 Å². The summed E-state index contributed by atoms with van der Waals surface area (Å²) in [5.41, 5.74) is 0.433. The van der Waals surface area contributed by atoms with E-state index in [9.17, 15) is 9.59 Å². The summed E-state index contributed by atoms with van der Waals surface area (Å²) >= 11 is 0. The third kappa shape index (κ3) is 4.26. The van der Waals surface area contributed by atoms with Crippen molar-refractivity contribution in [1.82, 2.24) is 0 Å². The maximum Gasteiger partial charge on any atom is 0.303 e. The topological polar surface area (TPSA) is 52.6 Å². The van der Waals surface area contributed by atoms with Gasteiger partial charge in [0.05, 0.1) is 11.7 Å². The molecule has 0 bridgehead atoms. The van der Waals surface area contributed by atoms with Crippen LogP contribution in [0.1, 0.15) is 31.1 Å². The lowest BCUT2D eigenvalue weighted by molar-refractivity contribution is -0.139. The smallest absolute Gasteiger partial charge is 0.303 e. The van der Waals surface area contributed by atoms with Gasteiger partial charge < -0.3 is 9.47 Å². The molecule has 0 spiro atoms. The molecule has 0 heterocycles. The molecular formula is C13H16O4. The van der Waals surface area contributed by atoms with Gasteiger partial charge in [0.15, 0.2) is 6.61 Å². The third-order valence-electron chi connectivity index (χ3n) is 1.96. The van der Waals surface area contributed by atoms with Crippen molar-refractivity contribution in [3.63, 3.8) is 0 Å². The molecule has 1 aromatic carbocycles. The molecule has 0 aromatic heterocycles. The first-order valence-corrected chi connectivity index (χ1v) is 5.43. The Bertz CT molecular complexity index is 410. The van der Waals surface area contributed by atoms with E-state index in [1.54, 1.807) is 24.3 Å². The molecule has 0 aliphatic heterocycles. The molecule has 0 N–H and O–H groups in total. The zero-order valence-electron chi connectivity index (χ0n) is 10.2. The largest absolute Gasteiger partial charge is 0.490 e. The number of hydrogen-bond donors (Lipinski definition) is 0. The Morgan fingerprint density at radius 2 is 1.88 bits per heavy atom. The number of rotatable bonds is 5. The lowest BCUT2D eigenvalue weighted by Crippen LogP contribution is -2.15. The molecule has 0 fully saturated rings. The summed E-state index contributed by atoms with van der Waals surface area (Å²) in [4.78, 5) is 22.4. The van der Waals surface area contributed by atoms with Crippen molar-refractivity contribution in [2.24, 2.45) is 0 Å². The van der Waals surface area contributed by atoms with Crippen LogP contribution in [-0.4, -0.2) is 24.5 Å². The number of Topliss-reactive ketones (excluding diaryl/α,β-unsaturated/α-hetero) is 1. The first kappa shape index (κ1) is 13.2. The van der Waals surface area contributed by atoms with Gasteiger partial charge in [-0.05, 0) is 26.0 Å². The Hall–Kier alpha value is -1.84. The maximum absolute atomic E-state index is 11.8.